The van der Waals surface area contributed by atoms with Crippen molar-refractivity contribution in [1.82, 2.24) is 0 Å². The van der Waals surface area contributed by atoms with Crippen molar-refractivity contribution in [2.75, 3.05) is 6.61 Å². The Morgan fingerprint density at radius 2 is 2.00 bits per heavy atom. The van der Waals surface area contributed by atoms with Gasteiger partial charge in [0.25, 0.3) is 0 Å². The molecule has 0 N–H and O–H groups in total. The van der Waals surface area contributed by atoms with Crippen molar-refractivity contribution in [2.24, 2.45) is 5.92 Å². The second kappa shape index (κ2) is 8.22. The van der Waals surface area contributed by atoms with Crippen molar-refractivity contribution in [3.05, 3.63) is 42.5 Å². The Hall–Kier alpha value is -0.930. The Bertz CT molecular complexity index is 384. The van der Waals surface area contributed by atoms with E-state index >= 15 is 0 Å². The number of hydrogen-bond acceptors (Lipinski definition) is 2. The molecule has 100 valence electrons. The number of allylic oxidation sites excluding steroid dienone is 1. The SMILES string of the molecule is C=CCCC(C)CCOS(=O)c1ccc(C)cc1. The quantitative estimate of drug-likeness (QED) is 0.664. The Balaban J connectivity index is 2.29. The summed E-state index contributed by atoms with van der Waals surface area (Å²) in [5.74, 6) is 0.581. The summed E-state index contributed by atoms with van der Waals surface area (Å²) >= 11 is -1.33. The summed E-state index contributed by atoms with van der Waals surface area (Å²) in [6, 6.07) is 7.60. The second-order valence-electron chi connectivity index (χ2n) is 4.63. The van der Waals surface area contributed by atoms with Gasteiger partial charge in [0, 0.05) is 0 Å². The third-order valence-electron chi connectivity index (χ3n) is 2.88. The lowest BCUT2D eigenvalue weighted by molar-refractivity contribution is 0.303. The van der Waals surface area contributed by atoms with E-state index in [4.69, 9.17) is 4.18 Å². The fourth-order valence-electron chi connectivity index (χ4n) is 1.59. The third-order valence-corrected chi connectivity index (χ3v) is 3.92. The Labute approximate surface area is 113 Å². The van der Waals surface area contributed by atoms with E-state index in [9.17, 15) is 4.21 Å². The summed E-state index contributed by atoms with van der Waals surface area (Å²) < 4.78 is 17.2. The van der Waals surface area contributed by atoms with Crippen molar-refractivity contribution in [2.45, 2.75) is 38.0 Å². The van der Waals surface area contributed by atoms with Crippen LogP contribution in [0.1, 0.15) is 31.7 Å². The van der Waals surface area contributed by atoms with Gasteiger partial charge < -0.3 is 0 Å². The number of rotatable bonds is 8. The zero-order valence-corrected chi connectivity index (χ0v) is 12.0. The Morgan fingerprint density at radius 1 is 1.33 bits per heavy atom. The molecule has 0 aromatic heterocycles. The minimum Gasteiger partial charge on any atom is -0.287 e. The summed E-state index contributed by atoms with van der Waals surface area (Å²) in [4.78, 5) is 0.736. The molecular formula is C15H22O2S. The lowest BCUT2D eigenvalue weighted by Crippen LogP contribution is -2.04. The molecule has 0 amide bonds. The highest BCUT2D eigenvalue weighted by atomic mass is 32.2. The van der Waals surface area contributed by atoms with E-state index < -0.39 is 11.1 Å². The van der Waals surface area contributed by atoms with E-state index in [-0.39, 0.29) is 0 Å². The van der Waals surface area contributed by atoms with Gasteiger partial charge in [0.1, 0.15) is 0 Å². The van der Waals surface area contributed by atoms with Crippen LogP contribution >= 0.6 is 0 Å². The minimum absolute atomic E-state index is 0.540. The first-order valence-corrected chi connectivity index (χ1v) is 7.43. The van der Waals surface area contributed by atoms with Crippen LogP contribution in [0.3, 0.4) is 0 Å². The monoisotopic (exact) mass is 266 g/mol. The fraction of sp³-hybridized carbons (Fsp3) is 0.467. The molecule has 2 nitrogen and oxygen atoms in total. The highest BCUT2D eigenvalue weighted by Gasteiger charge is 2.06. The molecule has 0 spiro atoms. The maximum Gasteiger partial charge on any atom is 0.189 e. The molecule has 0 aliphatic heterocycles. The number of aryl methyl sites for hydroxylation is 1. The van der Waals surface area contributed by atoms with Gasteiger partial charge in [0.15, 0.2) is 11.1 Å². The minimum atomic E-state index is -1.33. The van der Waals surface area contributed by atoms with E-state index in [0.29, 0.717) is 12.5 Å². The van der Waals surface area contributed by atoms with Gasteiger partial charge in [-0.15, -0.1) is 6.58 Å². The molecule has 0 aliphatic carbocycles. The van der Waals surface area contributed by atoms with Gasteiger partial charge in [-0.2, -0.15) is 0 Å². The standard InChI is InChI=1S/C15H22O2S/c1-4-5-6-13(2)11-12-17-18(16)15-9-7-14(3)8-10-15/h4,7-10,13H,1,5-6,11-12H2,2-3H3. The Morgan fingerprint density at radius 3 is 2.61 bits per heavy atom. The van der Waals surface area contributed by atoms with Crippen molar-refractivity contribution in [1.29, 1.82) is 0 Å². The van der Waals surface area contributed by atoms with Crippen LogP contribution in [0.4, 0.5) is 0 Å². The van der Waals surface area contributed by atoms with E-state index in [1.54, 1.807) is 0 Å². The smallest absolute Gasteiger partial charge is 0.189 e. The van der Waals surface area contributed by atoms with Crippen LogP contribution in [0.5, 0.6) is 0 Å². The van der Waals surface area contributed by atoms with Gasteiger partial charge in [0.05, 0.1) is 11.5 Å². The molecule has 0 saturated heterocycles. The van der Waals surface area contributed by atoms with Crippen LogP contribution in [-0.4, -0.2) is 10.8 Å². The molecule has 1 aromatic rings. The predicted molar refractivity (Wildman–Crippen MR) is 76.8 cm³/mol. The second-order valence-corrected chi connectivity index (χ2v) is 5.81. The fourth-order valence-corrected chi connectivity index (χ4v) is 2.33. The molecule has 2 atom stereocenters. The summed E-state index contributed by atoms with van der Waals surface area (Å²) in [7, 11) is 0. The highest BCUT2D eigenvalue weighted by molar-refractivity contribution is 7.80. The van der Waals surface area contributed by atoms with Crippen LogP contribution in [0.15, 0.2) is 41.8 Å². The first kappa shape index (κ1) is 15.1. The number of hydrogen-bond donors (Lipinski definition) is 0. The molecule has 0 heterocycles. The maximum atomic E-state index is 11.8. The van der Waals surface area contributed by atoms with Crippen molar-refractivity contribution in [3.63, 3.8) is 0 Å². The first-order valence-electron chi connectivity index (χ1n) is 6.36. The molecule has 0 bridgehead atoms. The van der Waals surface area contributed by atoms with Crippen LogP contribution in [0, 0.1) is 12.8 Å². The predicted octanol–water partition coefficient (Wildman–Crippen LogP) is 4.03. The third kappa shape index (κ3) is 5.61. The zero-order chi connectivity index (χ0) is 13.4. The molecule has 0 saturated carbocycles. The molecule has 3 heteroatoms. The van der Waals surface area contributed by atoms with Gasteiger partial charge in [0.2, 0.25) is 0 Å². The van der Waals surface area contributed by atoms with Crippen LogP contribution in [0.2, 0.25) is 0 Å². The van der Waals surface area contributed by atoms with E-state index in [1.807, 2.05) is 37.3 Å². The molecule has 0 aliphatic rings. The van der Waals surface area contributed by atoms with Crippen LogP contribution in [-0.2, 0) is 15.3 Å². The topological polar surface area (TPSA) is 26.3 Å². The van der Waals surface area contributed by atoms with Gasteiger partial charge >= 0.3 is 0 Å². The molecule has 0 fully saturated rings. The van der Waals surface area contributed by atoms with Crippen molar-refractivity contribution < 1.29 is 8.39 Å². The van der Waals surface area contributed by atoms with Crippen molar-refractivity contribution >= 4 is 11.1 Å². The van der Waals surface area contributed by atoms with Gasteiger partial charge in [-0.05, 0) is 44.2 Å². The molecule has 0 radical (unpaired) electrons. The Kier molecular flexibility index (Phi) is 6.91. The van der Waals surface area contributed by atoms with Crippen molar-refractivity contribution in [3.8, 4) is 0 Å². The zero-order valence-electron chi connectivity index (χ0n) is 11.2. The molecule has 1 aromatic carbocycles. The van der Waals surface area contributed by atoms with E-state index in [2.05, 4.69) is 13.5 Å². The van der Waals surface area contributed by atoms with E-state index in [0.717, 1.165) is 29.7 Å². The highest BCUT2D eigenvalue weighted by Crippen LogP contribution is 2.13. The summed E-state index contributed by atoms with van der Waals surface area (Å²) in [5.41, 5.74) is 1.16. The maximum absolute atomic E-state index is 11.8. The summed E-state index contributed by atoms with van der Waals surface area (Å²) in [6.07, 6.45) is 5.01. The summed E-state index contributed by atoms with van der Waals surface area (Å²) in [6.45, 7) is 8.44. The van der Waals surface area contributed by atoms with E-state index in [1.165, 1.54) is 0 Å². The lowest BCUT2D eigenvalue weighted by Gasteiger charge is -2.09. The first-order chi connectivity index (χ1) is 8.63. The molecule has 18 heavy (non-hydrogen) atoms. The average Bonchev–Trinajstić information content (AvgIpc) is 2.37. The number of benzene rings is 1. The van der Waals surface area contributed by atoms with Crippen LogP contribution < -0.4 is 0 Å². The molecule has 1 rings (SSSR count). The molecular weight excluding hydrogens is 244 g/mol. The largest absolute Gasteiger partial charge is 0.287 e. The van der Waals surface area contributed by atoms with Gasteiger partial charge in [-0.25, -0.2) is 4.21 Å². The van der Waals surface area contributed by atoms with Gasteiger partial charge in [-0.3, -0.25) is 4.18 Å². The van der Waals surface area contributed by atoms with Gasteiger partial charge in [-0.1, -0.05) is 30.7 Å². The summed E-state index contributed by atoms with van der Waals surface area (Å²) in [5, 5.41) is 0. The molecule has 2 unspecified atom stereocenters. The lowest BCUT2D eigenvalue weighted by atomic mass is 10.0. The average molecular weight is 266 g/mol. The normalized spacial score (nSPS) is 14.1. The van der Waals surface area contributed by atoms with Crippen LogP contribution in [0.25, 0.3) is 0 Å².